The molecule has 0 atom stereocenters. The lowest BCUT2D eigenvalue weighted by molar-refractivity contribution is 0.112. The highest BCUT2D eigenvalue weighted by Crippen LogP contribution is 2.13. The minimum Gasteiger partial charge on any atom is -0.385 e. The van der Waals surface area contributed by atoms with Crippen molar-refractivity contribution in [2.75, 3.05) is 17.2 Å². The van der Waals surface area contributed by atoms with Gasteiger partial charge < -0.3 is 5.32 Å². The molecule has 0 unspecified atom stereocenters. The average Bonchev–Trinajstić information content (AvgIpc) is 2.68. The summed E-state index contributed by atoms with van der Waals surface area (Å²) in [6, 6.07) is 7.68. The molecule has 0 aliphatic rings. The van der Waals surface area contributed by atoms with Crippen LogP contribution in [-0.2, 0) is 0 Å². The first kappa shape index (κ1) is 23.2. The molecule has 1 N–H and O–H groups in total. The molecule has 0 heterocycles. The van der Waals surface area contributed by atoms with Gasteiger partial charge in [-0.1, -0.05) is 93.0 Å². The molecule has 1 aromatic carbocycles. The molecule has 0 spiro atoms. The van der Waals surface area contributed by atoms with E-state index in [1.165, 1.54) is 95.2 Å². The van der Waals surface area contributed by atoms with E-state index in [-0.39, 0.29) is 0 Å². The first-order valence-corrected chi connectivity index (χ1v) is 11.8. The van der Waals surface area contributed by atoms with Crippen LogP contribution >= 0.6 is 15.9 Å². The van der Waals surface area contributed by atoms with E-state index in [0.29, 0.717) is 0 Å². The third kappa shape index (κ3) is 13.4. The molecule has 148 valence electrons. The zero-order valence-electron chi connectivity index (χ0n) is 16.5. The van der Waals surface area contributed by atoms with Crippen molar-refractivity contribution in [3.8, 4) is 0 Å². The molecule has 0 amide bonds. The van der Waals surface area contributed by atoms with Gasteiger partial charge in [-0.2, -0.15) is 0 Å². The fourth-order valence-corrected chi connectivity index (χ4v) is 3.65. The summed E-state index contributed by atoms with van der Waals surface area (Å²) >= 11 is 3.49. The SMILES string of the molecule is O=Cc1ccc(NCCCCCCCCCCCCCCCCBr)cc1. The molecular formula is C23H38BrNO. The van der Waals surface area contributed by atoms with Crippen molar-refractivity contribution >= 4 is 27.9 Å². The van der Waals surface area contributed by atoms with E-state index in [4.69, 9.17) is 0 Å². The largest absolute Gasteiger partial charge is 0.385 e. The maximum atomic E-state index is 10.6. The van der Waals surface area contributed by atoms with Crippen LogP contribution in [0, 0.1) is 0 Å². The molecular weight excluding hydrogens is 386 g/mol. The molecule has 0 aliphatic heterocycles. The number of anilines is 1. The number of nitrogens with one attached hydrogen (secondary N) is 1. The van der Waals surface area contributed by atoms with Gasteiger partial charge in [0, 0.05) is 23.1 Å². The van der Waals surface area contributed by atoms with Crippen molar-refractivity contribution in [3.05, 3.63) is 29.8 Å². The number of halogens is 1. The first-order valence-electron chi connectivity index (χ1n) is 10.7. The standard InChI is InChI=1S/C23H38BrNO/c24-19-13-11-9-7-5-3-1-2-4-6-8-10-12-14-20-25-23-17-15-22(21-26)16-18-23/h15-18,21,25H,1-14,19-20H2. The normalized spacial score (nSPS) is 10.8. The number of hydrogen-bond donors (Lipinski definition) is 1. The van der Waals surface area contributed by atoms with Crippen LogP contribution in [0.15, 0.2) is 24.3 Å². The quantitative estimate of drug-likeness (QED) is 0.148. The van der Waals surface area contributed by atoms with Crippen LogP contribution < -0.4 is 5.32 Å². The molecule has 0 saturated carbocycles. The average molecular weight is 424 g/mol. The molecule has 1 rings (SSSR count). The highest BCUT2D eigenvalue weighted by Gasteiger charge is 1.96. The van der Waals surface area contributed by atoms with Crippen LogP contribution in [0.25, 0.3) is 0 Å². The highest BCUT2D eigenvalue weighted by atomic mass is 79.9. The van der Waals surface area contributed by atoms with Crippen molar-refractivity contribution in [2.45, 2.75) is 89.9 Å². The summed E-state index contributed by atoms with van der Waals surface area (Å²) in [6.07, 6.45) is 20.3. The lowest BCUT2D eigenvalue weighted by atomic mass is 10.0. The number of carbonyl (C=O) groups excluding carboxylic acids is 1. The van der Waals surface area contributed by atoms with E-state index in [1.54, 1.807) is 0 Å². The van der Waals surface area contributed by atoms with E-state index in [0.717, 1.165) is 24.1 Å². The Labute approximate surface area is 169 Å². The van der Waals surface area contributed by atoms with Crippen molar-refractivity contribution in [3.63, 3.8) is 0 Å². The monoisotopic (exact) mass is 423 g/mol. The first-order chi connectivity index (χ1) is 12.9. The summed E-state index contributed by atoms with van der Waals surface area (Å²) in [7, 11) is 0. The lowest BCUT2D eigenvalue weighted by Crippen LogP contribution is -2.01. The second-order valence-corrected chi connectivity index (χ2v) is 8.10. The Kier molecular flexibility index (Phi) is 15.7. The molecule has 0 bridgehead atoms. The molecule has 0 fully saturated rings. The topological polar surface area (TPSA) is 29.1 Å². The van der Waals surface area contributed by atoms with E-state index < -0.39 is 0 Å². The van der Waals surface area contributed by atoms with Gasteiger partial charge in [0.15, 0.2) is 0 Å². The van der Waals surface area contributed by atoms with Gasteiger partial charge in [-0.3, -0.25) is 4.79 Å². The number of carbonyl (C=O) groups is 1. The van der Waals surface area contributed by atoms with Crippen molar-refractivity contribution < 1.29 is 4.79 Å². The van der Waals surface area contributed by atoms with Crippen LogP contribution in [-0.4, -0.2) is 18.2 Å². The van der Waals surface area contributed by atoms with Crippen LogP contribution in [0.2, 0.25) is 0 Å². The van der Waals surface area contributed by atoms with Crippen molar-refractivity contribution in [1.82, 2.24) is 0 Å². The number of hydrogen-bond acceptors (Lipinski definition) is 2. The lowest BCUT2D eigenvalue weighted by Gasteiger charge is -2.06. The van der Waals surface area contributed by atoms with Gasteiger partial charge in [0.25, 0.3) is 0 Å². The van der Waals surface area contributed by atoms with Gasteiger partial charge in [0.2, 0.25) is 0 Å². The van der Waals surface area contributed by atoms with Gasteiger partial charge >= 0.3 is 0 Å². The minimum atomic E-state index is 0.737. The predicted molar refractivity (Wildman–Crippen MR) is 119 cm³/mol. The maximum absolute atomic E-state index is 10.6. The fraction of sp³-hybridized carbons (Fsp3) is 0.696. The summed E-state index contributed by atoms with van der Waals surface area (Å²) in [6.45, 7) is 1.02. The van der Waals surface area contributed by atoms with Gasteiger partial charge in [-0.25, -0.2) is 0 Å². The molecule has 0 aromatic heterocycles. The Morgan fingerprint density at radius 3 is 1.50 bits per heavy atom. The molecule has 0 saturated heterocycles. The van der Waals surface area contributed by atoms with Crippen molar-refractivity contribution in [2.24, 2.45) is 0 Å². The van der Waals surface area contributed by atoms with Crippen LogP contribution in [0.3, 0.4) is 0 Å². The molecule has 2 nitrogen and oxygen atoms in total. The van der Waals surface area contributed by atoms with Crippen molar-refractivity contribution in [1.29, 1.82) is 0 Å². The van der Waals surface area contributed by atoms with Gasteiger partial charge in [0.05, 0.1) is 0 Å². The van der Waals surface area contributed by atoms with E-state index in [2.05, 4.69) is 21.2 Å². The molecule has 26 heavy (non-hydrogen) atoms. The highest BCUT2D eigenvalue weighted by molar-refractivity contribution is 9.09. The third-order valence-electron chi connectivity index (χ3n) is 4.94. The third-order valence-corrected chi connectivity index (χ3v) is 5.50. The van der Waals surface area contributed by atoms with Gasteiger partial charge in [-0.15, -0.1) is 0 Å². The molecule has 0 aliphatic carbocycles. The predicted octanol–water partition coefficient (Wildman–Crippen LogP) is 7.77. The van der Waals surface area contributed by atoms with E-state index >= 15 is 0 Å². The van der Waals surface area contributed by atoms with E-state index in [1.807, 2.05) is 24.3 Å². The second kappa shape index (κ2) is 17.6. The molecule has 3 heteroatoms. The fourth-order valence-electron chi connectivity index (χ4n) is 3.25. The number of benzene rings is 1. The second-order valence-electron chi connectivity index (χ2n) is 7.31. The number of alkyl halides is 1. The van der Waals surface area contributed by atoms with Crippen LogP contribution in [0.5, 0.6) is 0 Å². The van der Waals surface area contributed by atoms with Gasteiger partial charge in [0.1, 0.15) is 6.29 Å². The number of unbranched alkanes of at least 4 members (excludes halogenated alkanes) is 13. The van der Waals surface area contributed by atoms with Gasteiger partial charge in [-0.05, 0) is 37.1 Å². The zero-order chi connectivity index (χ0) is 18.7. The molecule has 0 radical (unpaired) electrons. The van der Waals surface area contributed by atoms with Crippen LogP contribution in [0.4, 0.5) is 5.69 Å². The summed E-state index contributed by atoms with van der Waals surface area (Å²) in [5, 5.41) is 4.59. The number of aldehydes is 1. The summed E-state index contributed by atoms with van der Waals surface area (Å²) < 4.78 is 0. The summed E-state index contributed by atoms with van der Waals surface area (Å²) in [5.41, 5.74) is 1.85. The van der Waals surface area contributed by atoms with Crippen LogP contribution in [0.1, 0.15) is 100 Å². The minimum absolute atomic E-state index is 0.737. The zero-order valence-corrected chi connectivity index (χ0v) is 18.1. The Morgan fingerprint density at radius 1 is 0.654 bits per heavy atom. The Hall–Kier alpha value is -0.830. The Bertz CT molecular complexity index is 432. The Morgan fingerprint density at radius 2 is 1.08 bits per heavy atom. The Balaban J connectivity index is 1.77. The van der Waals surface area contributed by atoms with E-state index in [9.17, 15) is 4.79 Å². The summed E-state index contributed by atoms with van der Waals surface area (Å²) in [5.74, 6) is 0. The molecule has 1 aromatic rings. The number of rotatable bonds is 18. The smallest absolute Gasteiger partial charge is 0.150 e. The maximum Gasteiger partial charge on any atom is 0.150 e. The summed E-state index contributed by atoms with van der Waals surface area (Å²) in [4.78, 5) is 10.6.